The summed E-state index contributed by atoms with van der Waals surface area (Å²) < 4.78 is 35.4. The highest BCUT2D eigenvalue weighted by atomic mass is 32.3. The molecule has 1 fully saturated rings. The van der Waals surface area contributed by atoms with Gasteiger partial charge in [0.25, 0.3) is 11.8 Å². The zero-order chi connectivity index (χ0) is 26.3. The van der Waals surface area contributed by atoms with Crippen LogP contribution < -0.4 is 16.5 Å². The van der Waals surface area contributed by atoms with Crippen LogP contribution in [0.4, 0.5) is 5.13 Å². The molecule has 18 heteroatoms. The number of amides is 2. The third-order valence-corrected chi connectivity index (χ3v) is 5.87. The number of oxime groups is 1. The van der Waals surface area contributed by atoms with Gasteiger partial charge in [-0.05, 0) is 20.8 Å². The lowest BCUT2D eigenvalue weighted by atomic mass is 9.84. The lowest BCUT2D eigenvalue weighted by Gasteiger charge is -2.50. The minimum absolute atomic E-state index is 0.0279. The SMILES string of the molecule is CC(O/N=C(\C(=O)NC1C(=O)N(OS(=O)(=O)O)C1(C)C)c1csc(N)n1)c1cc(=O)c(O)cn1O. The van der Waals surface area contributed by atoms with Gasteiger partial charge in [0.1, 0.15) is 17.4 Å². The summed E-state index contributed by atoms with van der Waals surface area (Å²) in [4.78, 5) is 46.2. The molecule has 190 valence electrons. The predicted octanol–water partition coefficient (Wildman–Crippen LogP) is -0.848. The van der Waals surface area contributed by atoms with E-state index >= 15 is 0 Å². The molecule has 2 amide bonds. The van der Waals surface area contributed by atoms with E-state index in [0.29, 0.717) is 9.79 Å². The number of aromatic hydroxyl groups is 1. The van der Waals surface area contributed by atoms with Crippen LogP contribution in [0.15, 0.2) is 27.6 Å². The monoisotopic (exact) mass is 532 g/mol. The second kappa shape index (κ2) is 9.13. The molecule has 3 rings (SSSR count). The number of carbonyl (C=O) groups is 2. The van der Waals surface area contributed by atoms with Crippen LogP contribution in [0.3, 0.4) is 0 Å². The van der Waals surface area contributed by atoms with Crippen molar-refractivity contribution >= 4 is 44.4 Å². The van der Waals surface area contributed by atoms with Crippen molar-refractivity contribution in [2.45, 2.75) is 38.5 Å². The molecule has 2 unspecified atom stereocenters. The highest BCUT2D eigenvalue weighted by Crippen LogP contribution is 2.33. The fourth-order valence-corrected chi connectivity index (χ4v) is 4.04. The molecule has 2 aromatic heterocycles. The number of nitrogens with two attached hydrogens (primary N) is 1. The number of nitrogens with zero attached hydrogens (tertiary/aromatic N) is 4. The molecule has 3 heterocycles. The van der Waals surface area contributed by atoms with Gasteiger partial charge < -0.3 is 26.2 Å². The van der Waals surface area contributed by atoms with Crippen molar-refractivity contribution in [3.05, 3.63) is 39.3 Å². The third kappa shape index (κ3) is 5.34. The number of pyridine rings is 1. The summed E-state index contributed by atoms with van der Waals surface area (Å²) in [6.07, 6.45) is -0.353. The Labute approximate surface area is 201 Å². The molecule has 1 aliphatic heterocycles. The molecule has 1 saturated heterocycles. The van der Waals surface area contributed by atoms with Gasteiger partial charge in [-0.25, -0.2) is 4.98 Å². The smallest absolute Gasteiger partial charge is 0.418 e. The Balaban J connectivity index is 1.85. The predicted molar refractivity (Wildman–Crippen MR) is 118 cm³/mol. The van der Waals surface area contributed by atoms with Gasteiger partial charge in [-0.1, -0.05) is 5.16 Å². The number of hydrogen-bond donors (Lipinski definition) is 5. The first kappa shape index (κ1) is 25.9. The topological polar surface area (TPSA) is 236 Å². The molecule has 35 heavy (non-hydrogen) atoms. The number of nitrogens with one attached hydrogen (secondary N) is 1. The molecule has 2 aromatic rings. The molecule has 0 aliphatic carbocycles. The highest BCUT2D eigenvalue weighted by molar-refractivity contribution is 7.80. The van der Waals surface area contributed by atoms with Gasteiger partial charge in [0.05, 0.1) is 11.7 Å². The van der Waals surface area contributed by atoms with Gasteiger partial charge in [-0.3, -0.25) is 18.9 Å². The van der Waals surface area contributed by atoms with Crippen LogP contribution in [0.1, 0.15) is 38.3 Å². The first-order valence-corrected chi connectivity index (χ1v) is 11.8. The first-order valence-electron chi connectivity index (χ1n) is 9.53. The molecule has 0 radical (unpaired) electrons. The molecule has 1 aliphatic rings. The van der Waals surface area contributed by atoms with Gasteiger partial charge in [0.2, 0.25) is 5.43 Å². The third-order valence-electron chi connectivity index (χ3n) is 4.86. The van der Waals surface area contributed by atoms with E-state index in [1.54, 1.807) is 0 Å². The van der Waals surface area contributed by atoms with Crippen molar-refractivity contribution in [1.82, 2.24) is 20.1 Å². The summed E-state index contributed by atoms with van der Waals surface area (Å²) in [7, 11) is -4.98. The van der Waals surface area contributed by atoms with E-state index in [0.717, 1.165) is 23.6 Å². The van der Waals surface area contributed by atoms with Crippen molar-refractivity contribution in [2.75, 3.05) is 5.73 Å². The summed E-state index contributed by atoms with van der Waals surface area (Å²) in [6.45, 7) is 4.12. The van der Waals surface area contributed by atoms with Crippen molar-refractivity contribution in [3.8, 4) is 5.75 Å². The van der Waals surface area contributed by atoms with Gasteiger partial charge in [-0.2, -0.15) is 18.2 Å². The second-order valence-corrected chi connectivity index (χ2v) is 9.64. The van der Waals surface area contributed by atoms with Crippen LogP contribution in [0.5, 0.6) is 5.75 Å². The highest BCUT2D eigenvalue weighted by Gasteiger charge is 2.58. The van der Waals surface area contributed by atoms with Crippen LogP contribution in [0.25, 0.3) is 0 Å². The van der Waals surface area contributed by atoms with E-state index in [2.05, 4.69) is 19.7 Å². The maximum atomic E-state index is 13.0. The van der Waals surface area contributed by atoms with Crippen molar-refractivity contribution in [2.24, 2.45) is 5.16 Å². The standard InChI is InChI=1S/C17H20N6O10S2/c1-7(9-4-10(24)11(25)5-22(9)28)32-21-12(8-6-34-16(18)19-8)14(26)20-13-15(27)23(17(13,2)3)33-35(29,30)31/h4-7,13,25,28H,1-3H3,(H2,18,19)(H,20,26)(H,29,30,31)/b21-12-. The number of anilines is 1. The largest absolute Gasteiger partial charge is 0.503 e. The molecule has 16 nitrogen and oxygen atoms in total. The Bertz CT molecular complexity index is 1370. The van der Waals surface area contributed by atoms with Gasteiger partial charge >= 0.3 is 10.4 Å². The Hall–Kier alpha value is -3.74. The maximum Gasteiger partial charge on any atom is 0.418 e. The molecule has 2 atom stereocenters. The van der Waals surface area contributed by atoms with Crippen LogP contribution >= 0.6 is 11.3 Å². The van der Waals surface area contributed by atoms with E-state index in [-0.39, 0.29) is 16.5 Å². The van der Waals surface area contributed by atoms with Crippen LogP contribution in [0.2, 0.25) is 0 Å². The van der Waals surface area contributed by atoms with Gasteiger partial charge in [-0.15, -0.1) is 15.6 Å². The normalized spacial score (nSPS) is 18.6. The number of hydroxylamine groups is 2. The van der Waals surface area contributed by atoms with Crippen molar-refractivity contribution in [1.29, 1.82) is 0 Å². The molecule has 0 bridgehead atoms. The quantitative estimate of drug-likeness (QED) is 0.0919. The average Bonchev–Trinajstić information content (AvgIpc) is 3.17. The summed E-state index contributed by atoms with van der Waals surface area (Å²) >= 11 is 0.980. The van der Waals surface area contributed by atoms with Crippen LogP contribution in [-0.4, -0.2) is 67.2 Å². The van der Waals surface area contributed by atoms with Crippen LogP contribution in [0, 0.1) is 0 Å². The zero-order valence-corrected chi connectivity index (χ0v) is 19.9. The molecular weight excluding hydrogens is 512 g/mol. The van der Waals surface area contributed by atoms with E-state index < -0.39 is 56.8 Å². The second-order valence-electron chi connectivity index (χ2n) is 7.75. The minimum atomic E-state index is -4.98. The number of β-lactam (4-membered cyclic amide) rings is 1. The number of carbonyl (C=O) groups excluding carboxylic acids is 2. The number of rotatable bonds is 8. The summed E-state index contributed by atoms with van der Waals surface area (Å²) in [6, 6.07) is -0.384. The van der Waals surface area contributed by atoms with E-state index in [4.69, 9.17) is 15.1 Å². The fraction of sp³-hybridized carbons (Fsp3) is 0.353. The summed E-state index contributed by atoms with van der Waals surface area (Å²) in [5.74, 6) is -2.64. The van der Waals surface area contributed by atoms with E-state index in [1.807, 2.05) is 0 Å². The number of nitrogen functional groups attached to an aromatic ring is 1. The number of thiazole rings is 1. The van der Waals surface area contributed by atoms with E-state index in [9.17, 15) is 33.1 Å². The zero-order valence-electron chi connectivity index (χ0n) is 18.3. The molecule has 0 saturated carbocycles. The van der Waals surface area contributed by atoms with Gasteiger partial charge in [0, 0.05) is 11.4 Å². The van der Waals surface area contributed by atoms with Crippen LogP contribution in [-0.2, 0) is 29.1 Å². The Morgan fingerprint density at radius 1 is 1.40 bits per heavy atom. The lowest BCUT2D eigenvalue weighted by molar-refractivity contribution is -0.218. The Morgan fingerprint density at radius 3 is 2.60 bits per heavy atom. The van der Waals surface area contributed by atoms with Gasteiger partial charge in [0.15, 0.2) is 22.7 Å². The number of hydrogen-bond acceptors (Lipinski definition) is 13. The summed E-state index contributed by atoms with van der Waals surface area (Å²) in [5.41, 5.74) is 2.87. The van der Waals surface area contributed by atoms with Crippen molar-refractivity contribution in [3.63, 3.8) is 0 Å². The minimum Gasteiger partial charge on any atom is -0.503 e. The fourth-order valence-electron chi connectivity index (χ4n) is 3.04. The van der Waals surface area contributed by atoms with Crippen molar-refractivity contribution < 1.29 is 42.0 Å². The Morgan fingerprint density at radius 2 is 2.06 bits per heavy atom. The maximum absolute atomic E-state index is 13.0. The lowest BCUT2D eigenvalue weighted by Crippen LogP contribution is -2.76. The molecule has 0 spiro atoms. The molecular formula is C17H20N6O10S2. The average molecular weight is 533 g/mol. The Kier molecular flexibility index (Phi) is 6.75. The number of aromatic nitrogens is 2. The van der Waals surface area contributed by atoms with E-state index in [1.165, 1.54) is 26.2 Å². The summed E-state index contributed by atoms with van der Waals surface area (Å²) in [5, 5.41) is 27.2. The first-order chi connectivity index (χ1) is 16.1. The molecule has 0 aromatic carbocycles. The molecule has 6 N–H and O–H groups in total.